The largest absolute Gasteiger partial charge is 0.504 e. The zero-order chi connectivity index (χ0) is 18.1. The third-order valence-corrected chi connectivity index (χ3v) is 3.56. The minimum absolute atomic E-state index is 0.0475. The third-order valence-electron chi connectivity index (χ3n) is 3.05. The van der Waals surface area contributed by atoms with E-state index in [1.54, 1.807) is 0 Å². The smallest absolute Gasteiger partial charge is 0.349 e. The molecule has 0 spiro atoms. The first-order valence-electron chi connectivity index (χ1n) is 6.55. The van der Waals surface area contributed by atoms with Crippen molar-refractivity contribution in [1.29, 1.82) is 0 Å². The fourth-order valence-electron chi connectivity index (χ4n) is 1.81. The van der Waals surface area contributed by atoms with Crippen molar-refractivity contribution in [2.75, 3.05) is 0 Å². The molecule has 0 radical (unpaired) electrons. The fraction of sp³-hybridized carbons (Fsp3) is 0.200. The molecule has 0 saturated heterocycles. The number of carbonyl (C=O) groups is 1. The van der Waals surface area contributed by atoms with Crippen LogP contribution in [0, 0.1) is 0 Å². The molecule has 0 saturated carbocycles. The first kappa shape index (κ1) is 18.2. The Kier molecular flexibility index (Phi) is 5.15. The molecule has 2 N–H and O–H groups in total. The highest BCUT2D eigenvalue weighted by molar-refractivity contribution is 6.33. The molecule has 24 heavy (non-hydrogen) atoms. The Hall–Kier alpha value is -2.12. The van der Waals surface area contributed by atoms with Crippen LogP contribution in [0.15, 0.2) is 30.5 Å². The maximum atomic E-state index is 13.0. The number of benzene rings is 1. The van der Waals surface area contributed by atoms with Crippen molar-refractivity contribution in [3.63, 3.8) is 0 Å². The summed E-state index contributed by atoms with van der Waals surface area (Å²) in [6.07, 6.45) is -0.281. The van der Waals surface area contributed by atoms with Crippen molar-refractivity contribution in [3.8, 4) is 22.8 Å². The third kappa shape index (κ3) is 4.04. The SMILES string of the molecule is CC(Oc1ccc(-c2ncc(C(F)(F)Cl)cc2Cl)cc1O)C(=O)O. The summed E-state index contributed by atoms with van der Waals surface area (Å²) >= 11 is 10.9. The molecular weight excluding hydrogens is 367 g/mol. The second kappa shape index (κ2) is 6.78. The van der Waals surface area contributed by atoms with E-state index in [9.17, 15) is 18.7 Å². The summed E-state index contributed by atoms with van der Waals surface area (Å²) in [6.45, 7) is 1.30. The van der Waals surface area contributed by atoms with E-state index < -0.39 is 23.0 Å². The highest BCUT2D eigenvalue weighted by Gasteiger charge is 2.29. The first-order chi connectivity index (χ1) is 11.1. The van der Waals surface area contributed by atoms with Crippen LogP contribution in [0.25, 0.3) is 11.3 Å². The lowest BCUT2D eigenvalue weighted by molar-refractivity contribution is -0.144. The number of alkyl halides is 3. The van der Waals surface area contributed by atoms with Gasteiger partial charge < -0.3 is 14.9 Å². The summed E-state index contributed by atoms with van der Waals surface area (Å²) in [7, 11) is 0. The van der Waals surface area contributed by atoms with Crippen LogP contribution in [0.4, 0.5) is 8.78 Å². The maximum absolute atomic E-state index is 13.0. The van der Waals surface area contributed by atoms with Gasteiger partial charge in [0.2, 0.25) is 0 Å². The van der Waals surface area contributed by atoms with Crippen LogP contribution in [0.2, 0.25) is 5.02 Å². The monoisotopic (exact) mass is 377 g/mol. The van der Waals surface area contributed by atoms with Gasteiger partial charge in [-0.15, -0.1) is 0 Å². The van der Waals surface area contributed by atoms with E-state index in [1.165, 1.54) is 25.1 Å². The molecule has 2 aromatic rings. The average Bonchev–Trinajstić information content (AvgIpc) is 2.48. The Bertz CT molecular complexity index is 781. The number of ether oxygens (including phenoxy) is 1. The number of carboxylic acids is 1. The molecule has 0 aliphatic rings. The quantitative estimate of drug-likeness (QED) is 0.761. The zero-order valence-corrected chi connectivity index (χ0v) is 13.6. The van der Waals surface area contributed by atoms with Crippen molar-refractivity contribution in [2.45, 2.75) is 18.4 Å². The van der Waals surface area contributed by atoms with Gasteiger partial charge in [-0.05, 0) is 42.8 Å². The Morgan fingerprint density at radius 2 is 2.04 bits per heavy atom. The number of nitrogens with zero attached hydrogens (tertiary/aromatic N) is 1. The summed E-state index contributed by atoms with van der Waals surface area (Å²) in [5, 5.41) is 15.0. The molecule has 1 heterocycles. The van der Waals surface area contributed by atoms with E-state index in [-0.39, 0.29) is 22.2 Å². The van der Waals surface area contributed by atoms with Crippen molar-refractivity contribution in [1.82, 2.24) is 4.98 Å². The Morgan fingerprint density at radius 3 is 2.54 bits per heavy atom. The highest BCUT2D eigenvalue weighted by Crippen LogP contribution is 2.38. The molecule has 2 rings (SSSR count). The molecule has 0 aliphatic heterocycles. The average molecular weight is 378 g/mol. The number of aromatic hydroxyl groups is 1. The number of phenols is 1. The number of hydrogen-bond acceptors (Lipinski definition) is 4. The van der Waals surface area contributed by atoms with E-state index in [2.05, 4.69) is 4.98 Å². The molecule has 0 fully saturated rings. The van der Waals surface area contributed by atoms with Gasteiger partial charge in [-0.3, -0.25) is 4.98 Å². The van der Waals surface area contributed by atoms with Crippen LogP contribution in [-0.2, 0) is 10.2 Å². The van der Waals surface area contributed by atoms with E-state index in [0.717, 1.165) is 12.3 Å². The summed E-state index contributed by atoms with van der Waals surface area (Å²) in [4.78, 5) is 14.6. The molecule has 5 nitrogen and oxygen atoms in total. The second-order valence-corrected chi connectivity index (χ2v) is 5.71. The second-order valence-electron chi connectivity index (χ2n) is 4.83. The van der Waals surface area contributed by atoms with Gasteiger partial charge in [0.25, 0.3) is 0 Å². The molecule has 1 atom stereocenters. The molecule has 0 amide bonds. The van der Waals surface area contributed by atoms with Gasteiger partial charge in [0.15, 0.2) is 17.6 Å². The Morgan fingerprint density at radius 1 is 1.38 bits per heavy atom. The lowest BCUT2D eigenvalue weighted by Crippen LogP contribution is -2.22. The van der Waals surface area contributed by atoms with Crippen LogP contribution >= 0.6 is 23.2 Å². The lowest BCUT2D eigenvalue weighted by atomic mass is 10.1. The van der Waals surface area contributed by atoms with Crippen molar-refractivity contribution in [2.24, 2.45) is 0 Å². The first-order valence-corrected chi connectivity index (χ1v) is 7.30. The van der Waals surface area contributed by atoms with Crippen LogP contribution in [-0.4, -0.2) is 27.3 Å². The maximum Gasteiger partial charge on any atom is 0.349 e. The topological polar surface area (TPSA) is 79.7 Å². The van der Waals surface area contributed by atoms with Crippen molar-refractivity contribution in [3.05, 3.63) is 41.0 Å². The molecule has 9 heteroatoms. The summed E-state index contributed by atoms with van der Waals surface area (Å²) < 4.78 is 31.1. The predicted molar refractivity (Wildman–Crippen MR) is 83.8 cm³/mol. The van der Waals surface area contributed by atoms with Crippen molar-refractivity contribution < 1.29 is 28.5 Å². The predicted octanol–water partition coefficient (Wildman–Crippen LogP) is 4.25. The highest BCUT2D eigenvalue weighted by atomic mass is 35.5. The summed E-state index contributed by atoms with van der Waals surface area (Å²) in [5.41, 5.74) is -0.0795. The number of carboxylic acid groups (broad SMARTS) is 1. The number of aliphatic carboxylic acids is 1. The Labute approximate surface area is 145 Å². The molecular formula is C15H11Cl2F2NO4. The molecule has 1 unspecified atom stereocenters. The number of rotatable bonds is 5. The molecule has 1 aromatic heterocycles. The minimum Gasteiger partial charge on any atom is -0.504 e. The van der Waals surface area contributed by atoms with Crippen molar-refractivity contribution >= 4 is 29.2 Å². The van der Waals surface area contributed by atoms with E-state index >= 15 is 0 Å². The van der Waals surface area contributed by atoms with Gasteiger partial charge in [0, 0.05) is 11.8 Å². The van der Waals surface area contributed by atoms with E-state index in [1.807, 2.05) is 0 Å². The minimum atomic E-state index is -3.60. The standard InChI is InChI=1S/C15H11Cl2F2NO4/c1-7(14(22)23)24-12-3-2-8(4-11(12)21)13-10(16)5-9(6-20-13)15(17,18)19/h2-7,21H,1H3,(H,22,23). The fourth-order valence-corrected chi connectivity index (χ4v) is 2.19. The Balaban J connectivity index is 2.34. The molecule has 1 aromatic carbocycles. The van der Waals surface area contributed by atoms with Crippen LogP contribution in [0.3, 0.4) is 0 Å². The number of pyridine rings is 1. The van der Waals surface area contributed by atoms with Crippen LogP contribution < -0.4 is 4.74 Å². The van der Waals surface area contributed by atoms with Gasteiger partial charge in [0.05, 0.1) is 16.3 Å². The zero-order valence-electron chi connectivity index (χ0n) is 12.1. The van der Waals surface area contributed by atoms with E-state index in [4.69, 9.17) is 33.0 Å². The summed E-state index contributed by atoms with van der Waals surface area (Å²) in [5.74, 6) is -1.58. The van der Waals surface area contributed by atoms with Gasteiger partial charge in [0.1, 0.15) is 0 Å². The van der Waals surface area contributed by atoms with E-state index in [0.29, 0.717) is 5.56 Å². The van der Waals surface area contributed by atoms with Gasteiger partial charge in [-0.2, -0.15) is 8.78 Å². The number of aromatic nitrogens is 1. The molecule has 0 bridgehead atoms. The van der Waals surface area contributed by atoms with Crippen LogP contribution in [0.1, 0.15) is 12.5 Å². The number of phenolic OH excluding ortho intramolecular Hbond substituents is 1. The normalized spacial score (nSPS) is 12.7. The van der Waals surface area contributed by atoms with Gasteiger partial charge in [-0.1, -0.05) is 11.6 Å². The molecule has 128 valence electrons. The van der Waals surface area contributed by atoms with Gasteiger partial charge >= 0.3 is 11.4 Å². The number of halogens is 4. The summed E-state index contributed by atoms with van der Waals surface area (Å²) in [6, 6.07) is 4.99. The van der Waals surface area contributed by atoms with Gasteiger partial charge in [-0.25, -0.2) is 4.79 Å². The number of hydrogen-bond donors (Lipinski definition) is 2. The molecule has 0 aliphatic carbocycles. The van der Waals surface area contributed by atoms with Crippen LogP contribution in [0.5, 0.6) is 11.5 Å². The lowest BCUT2D eigenvalue weighted by Gasteiger charge is -2.13.